The van der Waals surface area contributed by atoms with Gasteiger partial charge in [-0.15, -0.1) is 24.0 Å². The van der Waals surface area contributed by atoms with E-state index in [-0.39, 0.29) is 35.9 Å². The first-order valence-corrected chi connectivity index (χ1v) is 8.11. The van der Waals surface area contributed by atoms with Gasteiger partial charge in [-0.25, -0.2) is 4.39 Å². The van der Waals surface area contributed by atoms with Crippen molar-refractivity contribution in [1.82, 2.24) is 10.6 Å². The molecule has 0 bridgehead atoms. The van der Waals surface area contributed by atoms with E-state index in [9.17, 15) is 4.39 Å². The number of benzene rings is 2. The molecule has 7 heteroatoms. The average molecular weight is 473 g/mol. The Morgan fingerprint density at radius 2 is 1.92 bits per heavy atom. The summed E-state index contributed by atoms with van der Waals surface area (Å²) >= 11 is 0. The van der Waals surface area contributed by atoms with E-state index < -0.39 is 0 Å². The molecule has 0 radical (unpaired) electrons. The van der Waals surface area contributed by atoms with Gasteiger partial charge in [-0.2, -0.15) is 0 Å². The molecule has 2 rings (SSSR count). The molecule has 0 aromatic heterocycles. The van der Waals surface area contributed by atoms with Gasteiger partial charge in [0.05, 0.1) is 13.7 Å². The number of para-hydroxylation sites is 1. The van der Waals surface area contributed by atoms with Crippen LogP contribution in [0.4, 0.5) is 4.39 Å². The molecule has 0 aliphatic heterocycles. The summed E-state index contributed by atoms with van der Waals surface area (Å²) in [5.74, 6) is 1.67. The number of hydrogen-bond donors (Lipinski definition) is 2. The molecule has 0 fully saturated rings. The van der Waals surface area contributed by atoms with E-state index in [0.717, 1.165) is 11.3 Å². The Bertz CT molecular complexity index is 713. The highest BCUT2D eigenvalue weighted by atomic mass is 127. The molecule has 5 nitrogen and oxygen atoms in total. The van der Waals surface area contributed by atoms with Crippen molar-refractivity contribution >= 4 is 29.9 Å². The zero-order chi connectivity index (χ0) is 18.1. The molecule has 0 heterocycles. The van der Waals surface area contributed by atoms with Gasteiger partial charge in [0, 0.05) is 25.2 Å². The molecule has 0 aliphatic rings. The van der Waals surface area contributed by atoms with Crippen LogP contribution in [0.3, 0.4) is 0 Å². The van der Waals surface area contributed by atoms with E-state index in [1.807, 2.05) is 31.2 Å². The summed E-state index contributed by atoms with van der Waals surface area (Å²) in [6.07, 6.45) is -0.147. The highest BCUT2D eigenvalue weighted by molar-refractivity contribution is 14.0. The predicted molar refractivity (Wildman–Crippen MR) is 113 cm³/mol. The van der Waals surface area contributed by atoms with E-state index in [1.54, 1.807) is 26.3 Å². The molecule has 0 spiro atoms. The number of rotatable bonds is 7. The first-order valence-electron chi connectivity index (χ1n) is 8.11. The monoisotopic (exact) mass is 473 g/mol. The average Bonchev–Trinajstić information content (AvgIpc) is 2.62. The van der Waals surface area contributed by atoms with Gasteiger partial charge in [-0.05, 0) is 25.1 Å². The number of nitrogens with one attached hydrogen (secondary N) is 2. The Labute approximate surface area is 171 Å². The predicted octanol–water partition coefficient (Wildman–Crippen LogP) is 3.58. The van der Waals surface area contributed by atoms with Crippen LogP contribution in [0.25, 0.3) is 0 Å². The van der Waals surface area contributed by atoms with Crippen LogP contribution >= 0.6 is 24.0 Å². The summed E-state index contributed by atoms with van der Waals surface area (Å²) in [6, 6.07) is 13.9. The number of guanidine groups is 1. The first-order chi connectivity index (χ1) is 12.1. The number of nitrogens with zero attached hydrogens (tertiary/aromatic N) is 1. The molecule has 0 saturated heterocycles. The van der Waals surface area contributed by atoms with Gasteiger partial charge in [-0.1, -0.05) is 24.3 Å². The standard InChI is InChI=1S/C19H24FN3O2.HI/c1-14(25-17-9-6-8-16(20)11-17)12-22-19(21-2)23-13-15-7-4-5-10-18(15)24-3;/h4-11,14H,12-13H2,1-3H3,(H2,21,22,23);1H. The molecule has 0 aliphatic carbocycles. The van der Waals surface area contributed by atoms with Crippen LogP contribution < -0.4 is 20.1 Å². The zero-order valence-electron chi connectivity index (χ0n) is 15.2. The number of ether oxygens (including phenoxy) is 2. The van der Waals surface area contributed by atoms with Crippen LogP contribution in [0, 0.1) is 5.82 Å². The maximum absolute atomic E-state index is 13.2. The smallest absolute Gasteiger partial charge is 0.191 e. The van der Waals surface area contributed by atoms with Crippen LogP contribution in [0.5, 0.6) is 11.5 Å². The fraction of sp³-hybridized carbons (Fsp3) is 0.316. The van der Waals surface area contributed by atoms with E-state index in [0.29, 0.717) is 24.8 Å². The normalized spacial score (nSPS) is 11.9. The van der Waals surface area contributed by atoms with Crippen LogP contribution in [0.15, 0.2) is 53.5 Å². The molecule has 2 aromatic rings. The van der Waals surface area contributed by atoms with Crippen molar-refractivity contribution in [2.24, 2.45) is 4.99 Å². The Kier molecular flexibility index (Phi) is 9.79. The minimum Gasteiger partial charge on any atom is -0.496 e. The number of halogens is 2. The molecule has 1 unspecified atom stereocenters. The van der Waals surface area contributed by atoms with Crippen LogP contribution in [-0.2, 0) is 6.54 Å². The highest BCUT2D eigenvalue weighted by Gasteiger charge is 2.07. The largest absolute Gasteiger partial charge is 0.496 e. The van der Waals surface area contributed by atoms with Gasteiger partial charge in [0.15, 0.2) is 5.96 Å². The number of aliphatic imine (C=N–C) groups is 1. The first kappa shape index (κ1) is 22.0. The van der Waals surface area contributed by atoms with Crippen molar-refractivity contribution in [1.29, 1.82) is 0 Å². The molecule has 0 amide bonds. The second-order valence-electron chi connectivity index (χ2n) is 5.50. The van der Waals surface area contributed by atoms with Crippen LogP contribution in [0.1, 0.15) is 12.5 Å². The molecule has 2 aromatic carbocycles. The molecule has 0 saturated carbocycles. The lowest BCUT2D eigenvalue weighted by Gasteiger charge is -2.18. The summed E-state index contributed by atoms with van der Waals surface area (Å²) in [4.78, 5) is 4.19. The summed E-state index contributed by atoms with van der Waals surface area (Å²) < 4.78 is 24.2. The second kappa shape index (κ2) is 11.6. The van der Waals surface area contributed by atoms with Crippen LogP contribution in [0.2, 0.25) is 0 Å². The summed E-state index contributed by atoms with van der Waals surface area (Å²) in [5, 5.41) is 6.42. The Morgan fingerprint density at radius 3 is 2.62 bits per heavy atom. The van der Waals surface area contributed by atoms with Gasteiger partial charge < -0.3 is 20.1 Å². The molecular weight excluding hydrogens is 448 g/mol. The highest BCUT2D eigenvalue weighted by Crippen LogP contribution is 2.16. The number of hydrogen-bond acceptors (Lipinski definition) is 3. The summed E-state index contributed by atoms with van der Waals surface area (Å²) in [6.45, 7) is 3.02. The SMILES string of the molecule is CN=C(NCc1ccccc1OC)NCC(C)Oc1cccc(F)c1.I. The van der Waals surface area contributed by atoms with E-state index in [2.05, 4.69) is 15.6 Å². The Hall–Kier alpha value is -2.03. The molecule has 2 N–H and O–H groups in total. The molecule has 1 atom stereocenters. The fourth-order valence-electron chi connectivity index (χ4n) is 2.30. The molecule has 26 heavy (non-hydrogen) atoms. The quantitative estimate of drug-likeness (QED) is 0.367. The van der Waals surface area contributed by atoms with Gasteiger partial charge in [0.1, 0.15) is 23.4 Å². The fourth-order valence-corrected chi connectivity index (χ4v) is 2.30. The van der Waals surface area contributed by atoms with Gasteiger partial charge in [0.2, 0.25) is 0 Å². The Balaban J connectivity index is 0.00000338. The third kappa shape index (κ3) is 7.07. The van der Waals surface area contributed by atoms with E-state index in [4.69, 9.17) is 9.47 Å². The van der Waals surface area contributed by atoms with Crippen molar-refractivity contribution in [3.8, 4) is 11.5 Å². The van der Waals surface area contributed by atoms with Gasteiger partial charge in [-0.3, -0.25) is 4.99 Å². The lowest BCUT2D eigenvalue weighted by atomic mass is 10.2. The number of methoxy groups -OCH3 is 1. The topological polar surface area (TPSA) is 54.9 Å². The van der Waals surface area contributed by atoms with Gasteiger partial charge in [0.25, 0.3) is 0 Å². The summed E-state index contributed by atoms with van der Waals surface area (Å²) in [5.41, 5.74) is 1.04. The van der Waals surface area contributed by atoms with Crippen molar-refractivity contribution in [3.63, 3.8) is 0 Å². The van der Waals surface area contributed by atoms with Crippen molar-refractivity contribution < 1.29 is 13.9 Å². The van der Waals surface area contributed by atoms with Gasteiger partial charge >= 0.3 is 0 Å². The molecular formula is C19H25FIN3O2. The maximum atomic E-state index is 13.2. The minimum atomic E-state index is -0.313. The van der Waals surface area contributed by atoms with Crippen molar-refractivity contribution in [2.45, 2.75) is 19.6 Å². The Morgan fingerprint density at radius 1 is 1.15 bits per heavy atom. The van der Waals surface area contributed by atoms with Crippen molar-refractivity contribution in [2.75, 3.05) is 20.7 Å². The van der Waals surface area contributed by atoms with Crippen molar-refractivity contribution in [3.05, 3.63) is 59.9 Å². The van der Waals surface area contributed by atoms with Crippen LogP contribution in [-0.4, -0.2) is 32.8 Å². The second-order valence-corrected chi connectivity index (χ2v) is 5.50. The summed E-state index contributed by atoms with van der Waals surface area (Å²) in [7, 11) is 3.35. The minimum absolute atomic E-state index is 0. The molecule has 142 valence electrons. The third-order valence-electron chi connectivity index (χ3n) is 3.55. The maximum Gasteiger partial charge on any atom is 0.191 e. The third-order valence-corrected chi connectivity index (χ3v) is 3.55. The van der Waals surface area contributed by atoms with E-state index >= 15 is 0 Å². The van der Waals surface area contributed by atoms with E-state index in [1.165, 1.54) is 12.1 Å². The lowest BCUT2D eigenvalue weighted by molar-refractivity contribution is 0.223. The lowest BCUT2D eigenvalue weighted by Crippen LogP contribution is -2.41. The zero-order valence-corrected chi connectivity index (χ0v) is 17.5.